The first-order valence-corrected chi connectivity index (χ1v) is 8.38. The van der Waals surface area contributed by atoms with Gasteiger partial charge in [0.15, 0.2) is 0 Å². The van der Waals surface area contributed by atoms with Crippen molar-refractivity contribution in [1.82, 2.24) is 9.55 Å². The number of hydrogen-bond acceptors (Lipinski definition) is 3. The van der Waals surface area contributed by atoms with E-state index in [0.29, 0.717) is 22.6 Å². The maximum absolute atomic E-state index is 13.0. The van der Waals surface area contributed by atoms with Crippen molar-refractivity contribution < 1.29 is 9.47 Å². The number of methoxy groups -OCH3 is 2. The molecule has 0 spiro atoms. The van der Waals surface area contributed by atoms with Crippen LogP contribution in [0.4, 0.5) is 0 Å². The zero-order valence-corrected chi connectivity index (χ0v) is 15.2. The highest BCUT2D eigenvalue weighted by atomic mass is 16.5. The van der Waals surface area contributed by atoms with Gasteiger partial charge >= 0.3 is 0 Å². The number of para-hydroxylation sites is 1. The summed E-state index contributed by atoms with van der Waals surface area (Å²) in [7, 11) is 5.20. The Hall–Kier alpha value is -3.21. The van der Waals surface area contributed by atoms with Crippen LogP contribution in [-0.4, -0.2) is 23.8 Å². The zero-order chi connectivity index (χ0) is 18.4. The van der Waals surface area contributed by atoms with E-state index < -0.39 is 0 Å². The van der Waals surface area contributed by atoms with Crippen LogP contribution in [-0.2, 0) is 7.05 Å². The highest BCUT2D eigenvalue weighted by Gasteiger charge is 2.19. The molecule has 5 heteroatoms. The standard InChI is InChI=1S/C21H20N2O3/c1-12-19(15-11-23(2)17-8-6-5-7-14(15)17)21(24)22-16-9-13(25-3)10-18(26-4)20(12)16/h5-11H,1-4H3,(H,22,24). The first-order valence-electron chi connectivity index (χ1n) is 8.38. The van der Waals surface area contributed by atoms with Crippen LogP contribution < -0.4 is 15.0 Å². The second-order valence-electron chi connectivity index (χ2n) is 6.38. The molecule has 0 unspecified atom stereocenters. The van der Waals surface area contributed by atoms with Gasteiger partial charge in [0.2, 0.25) is 0 Å². The van der Waals surface area contributed by atoms with Crippen molar-refractivity contribution in [3.8, 4) is 22.6 Å². The molecule has 2 aromatic carbocycles. The van der Waals surface area contributed by atoms with Crippen molar-refractivity contribution in [2.24, 2.45) is 7.05 Å². The zero-order valence-electron chi connectivity index (χ0n) is 15.2. The lowest BCUT2D eigenvalue weighted by Gasteiger charge is -2.13. The maximum atomic E-state index is 13.0. The number of aromatic nitrogens is 2. The minimum Gasteiger partial charge on any atom is -0.497 e. The summed E-state index contributed by atoms with van der Waals surface area (Å²) in [5.74, 6) is 1.32. The van der Waals surface area contributed by atoms with Gasteiger partial charge in [0.1, 0.15) is 11.5 Å². The number of H-pyrrole nitrogens is 1. The van der Waals surface area contributed by atoms with Crippen LogP contribution in [0.25, 0.3) is 32.9 Å². The van der Waals surface area contributed by atoms with Crippen molar-refractivity contribution in [3.05, 3.63) is 58.5 Å². The predicted octanol–water partition coefficient (Wildman–Crippen LogP) is 4.01. The van der Waals surface area contributed by atoms with Crippen LogP contribution in [0.15, 0.2) is 47.4 Å². The van der Waals surface area contributed by atoms with Gasteiger partial charge in [-0.25, -0.2) is 0 Å². The minimum absolute atomic E-state index is 0.123. The molecule has 0 atom stereocenters. The van der Waals surface area contributed by atoms with Crippen molar-refractivity contribution in [2.75, 3.05) is 14.2 Å². The van der Waals surface area contributed by atoms with E-state index in [1.807, 2.05) is 55.1 Å². The first kappa shape index (κ1) is 16.3. The number of hydrogen-bond donors (Lipinski definition) is 1. The van der Waals surface area contributed by atoms with E-state index in [1.165, 1.54) is 0 Å². The predicted molar refractivity (Wildman–Crippen MR) is 104 cm³/mol. The molecule has 4 rings (SSSR count). The summed E-state index contributed by atoms with van der Waals surface area (Å²) in [5, 5.41) is 1.94. The van der Waals surface area contributed by atoms with Crippen LogP contribution >= 0.6 is 0 Å². The van der Waals surface area contributed by atoms with Gasteiger partial charge < -0.3 is 19.0 Å². The summed E-state index contributed by atoms with van der Waals surface area (Å²) in [6.07, 6.45) is 2.00. The highest BCUT2D eigenvalue weighted by Crippen LogP contribution is 2.37. The number of nitrogens with zero attached hydrogens (tertiary/aromatic N) is 1. The van der Waals surface area contributed by atoms with E-state index in [2.05, 4.69) is 11.1 Å². The Balaban J connectivity index is 2.12. The first-order chi connectivity index (χ1) is 12.5. The second-order valence-corrected chi connectivity index (χ2v) is 6.38. The van der Waals surface area contributed by atoms with Crippen molar-refractivity contribution in [2.45, 2.75) is 6.92 Å². The van der Waals surface area contributed by atoms with E-state index in [4.69, 9.17) is 9.47 Å². The quantitative estimate of drug-likeness (QED) is 0.608. The molecule has 1 N–H and O–H groups in total. The van der Waals surface area contributed by atoms with Crippen LogP contribution in [0.1, 0.15) is 5.56 Å². The van der Waals surface area contributed by atoms with Gasteiger partial charge in [-0.1, -0.05) is 18.2 Å². The van der Waals surface area contributed by atoms with E-state index >= 15 is 0 Å². The number of nitrogens with one attached hydrogen (secondary N) is 1. The normalized spacial score (nSPS) is 11.2. The molecule has 26 heavy (non-hydrogen) atoms. The molecule has 0 saturated carbocycles. The highest BCUT2D eigenvalue weighted by molar-refractivity contribution is 6.01. The molecule has 0 saturated heterocycles. The molecule has 0 aliphatic carbocycles. The third kappa shape index (κ3) is 2.28. The molecule has 0 radical (unpaired) electrons. The maximum Gasteiger partial charge on any atom is 0.256 e. The molecule has 132 valence electrons. The average molecular weight is 348 g/mol. The molecule has 0 amide bonds. The Morgan fingerprint density at radius 2 is 1.85 bits per heavy atom. The fraction of sp³-hybridized carbons (Fsp3) is 0.190. The summed E-state index contributed by atoms with van der Waals surface area (Å²) < 4.78 is 12.9. The lowest BCUT2D eigenvalue weighted by Crippen LogP contribution is -2.11. The van der Waals surface area contributed by atoms with Gasteiger partial charge in [-0.05, 0) is 18.6 Å². The van der Waals surface area contributed by atoms with E-state index in [1.54, 1.807) is 14.2 Å². The van der Waals surface area contributed by atoms with Gasteiger partial charge in [0, 0.05) is 47.2 Å². The minimum atomic E-state index is -0.123. The Labute approximate surface area is 150 Å². The Morgan fingerprint density at radius 1 is 1.08 bits per heavy atom. The molecular weight excluding hydrogens is 328 g/mol. The molecule has 4 aromatic rings. The topological polar surface area (TPSA) is 56.2 Å². The Bertz CT molecular complexity index is 1200. The largest absolute Gasteiger partial charge is 0.497 e. The lowest BCUT2D eigenvalue weighted by atomic mass is 9.97. The summed E-state index contributed by atoms with van der Waals surface area (Å²) in [4.78, 5) is 16.0. The number of benzene rings is 2. The van der Waals surface area contributed by atoms with E-state index in [0.717, 1.165) is 27.4 Å². The van der Waals surface area contributed by atoms with Gasteiger partial charge in [-0.3, -0.25) is 4.79 Å². The number of pyridine rings is 1. The lowest BCUT2D eigenvalue weighted by molar-refractivity contribution is 0.397. The van der Waals surface area contributed by atoms with Crippen LogP contribution in [0.3, 0.4) is 0 Å². The fourth-order valence-electron chi connectivity index (χ4n) is 3.70. The van der Waals surface area contributed by atoms with Crippen LogP contribution in [0.2, 0.25) is 0 Å². The monoisotopic (exact) mass is 348 g/mol. The van der Waals surface area contributed by atoms with Crippen LogP contribution in [0.5, 0.6) is 11.5 Å². The number of aromatic amines is 1. The molecule has 0 aliphatic heterocycles. The van der Waals surface area contributed by atoms with Crippen molar-refractivity contribution in [1.29, 1.82) is 0 Å². The third-order valence-electron chi connectivity index (χ3n) is 4.92. The summed E-state index contributed by atoms with van der Waals surface area (Å²) in [6.45, 7) is 1.96. The third-order valence-corrected chi connectivity index (χ3v) is 4.92. The summed E-state index contributed by atoms with van der Waals surface area (Å²) in [6, 6.07) is 11.7. The SMILES string of the molecule is COc1cc(OC)c2c(C)c(-c3cn(C)c4ccccc34)c(=O)[nH]c2c1. The fourth-order valence-corrected chi connectivity index (χ4v) is 3.70. The van der Waals surface area contributed by atoms with E-state index in [9.17, 15) is 4.79 Å². The van der Waals surface area contributed by atoms with Crippen molar-refractivity contribution in [3.63, 3.8) is 0 Å². The van der Waals surface area contributed by atoms with Gasteiger partial charge in [-0.15, -0.1) is 0 Å². The van der Waals surface area contributed by atoms with Crippen molar-refractivity contribution >= 4 is 21.8 Å². The van der Waals surface area contributed by atoms with Gasteiger partial charge in [0.05, 0.1) is 25.3 Å². The number of aryl methyl sites for hydroxylation is 2. The number of fused-ring (bicyclic) bond motifs is 2. The molecule has 2 aromatic heterocycles. The van der Waals surface area contributed by atoms with Gasteiger partial charge in [-0.2, -0.15) is 0 Å². The molecule has 0 bridgehead atoms. The van der Waals surface area contributed by atoms with Gasteiger partial charge in [0.25, 0.3) is 5.56 Å². The smallest absolute Gasteiger partial charge is 0.256 e. The molecule has 5 nitrogen and oxygen atoms in total. The molecular formula is C21H20N2O3. The Morgan fingerprint density at radius 3 is 2.58 bits per heavy atom. The number of ether oxygens (including phenoxy) is 2. The molecule has 2 heterocycles. The number of rotatable bonds is 3. The molecule has 0 aliphatic rings. The average Bonchev–Trinajstić information content (AvgIpc) is 2.97. The summed E-state index contributed by atoms with van der Waals surface area (Å²) >= 11 is 0. The molecule has 0 fully saturated rings. The second kappa shape index (κ2) is 5.95. The Kier molecular flexibility index (Phi) is 3.72. The summed E-state index contributed by atoms with van der Waals surface area (Å²) in [5.41, 5.74) is 4.14. The van der Waals surface area contributed by atoms with Crippen LogP contribution in [0, 0.1) is 6.92 Å². The van der Waals surface area contributed by atoms with E-state index in [-0.39, 0.29) is 5.56 Å².